The lowest BCUT2D eigenvalue weighted by Crippen LogP contribution is -2.46. The number of rotatable bonds is 5. The Bertz CT molecular complexity index is 565. The normalized spacial score (nSPS) is 17.6. The van der Waals surface area contributed by atoms with E-state index >= 15 is 0 Å². The Morgan fingerprint density at radius 3 is 2.55 bits per heavy atom. The van der Waals surface area contributed by atoms with Gasteiger partial charge in [0, 0.05) is 25.1 Å². The van der Waals surface area contributed by atoms with Crippen LogP contribution >= 0.6 is 11.6 Å². The Labute approximate surface area is 122 Å². The molecule has 110 valence electrons. The van der Waals surface area contributed by atoms with Crippen LogP contribution in [0.2, 0.25) is 5.15 Å². The number of hydrogen-bond acceptors (Lipinski definition) is 3. The second-order valence-corrected chi connectivity index (χ2v) is 5.90. The summed E-state index contributed by atoms with van der Waals surface area (Å²) in [6.45, 7) is 3.18. The molecule has 0 aliphatic heterocycles. The highest BCUT2D eigenvalue weighted by Crippen LogP contribution is 2.31. The van der Waals surface area contributed by atoms with Crippen LogP contribution in [-0.2, 0) is 23.1 Å². The van der Waals surface area contributed by atoms with Crippen molar-refractivity contribution < 1.29 is 14.7 Å². The number of carboxylic acids is 1. The Hall–Kier alpha value is -1.56. The summed E-state index contributed by atoms with van der Waals surface area (Å²) >= 11 is 6.12. The van der Waals surface area contributed by atoms with Gasteiger partial charge in [0.25, 0.3) is 0 Å². The van der Waals surface area contributed by atoms with Gasteiger partial charge in [-0.25, -0.2) is 0 Å². The molecular weight excluding hydrogens is 282 g/mol. The number of hydrogen-bond donors (Lipinski definition) is 2. The van der Waals surface area contributed by atoms with E-state index in [1.165, 1.54) is 11.6 Å². The molecule has 1 aromatic rings. The third-order valence-corrected chi connectivity index (χ3v) is 4.16. The number of carbonyl (C=O) groups excluding carboxylic acids is 1. The molecule has 0 radical (unpaired) electrons. The van der Waals surface area contributed by atoms with Gasteiger partial charge < -0.3 is 10.4 Å². The van der Waals surface area contributed by atoms with Gasteiger partial charge in [0.1, 0.15) is 10.6 Å². The first-order valence-electron chi connectivity index (χ1n) is 6.48. The molecule has 1 atom stereocenters. The van der Waals surface area contributed by atoms with Crippen LogP contribution in [0, 0.1) is 12.3 Å². The first kappa shape index (κ1) is 14.8. The molecule has 6 nitrogen and oxygen atoms in total. The van der Waals surface area contributed by atoms with Crippen LogP contribution in [0.4, 0.5) is 0 Å². The van der Waals surface area contributed by atoms with E-state index in [1.807, 2.05) is 0 Å². The third kappa shape index (κ3) is 2.65. The zero-order valence-electron chi connectivity index (χ0n) is 11.7. The Morgan fingerprint density at radius 2 is 2.15 bits per heavy atom. The van der Waals surface area contributed by atoms with E-state index in [4.69, 9.17) is 11.6 Å². The number of carboxylic acid groups (broad SMARTS) is 1. The van der Waals surface area contributed by atoms with Gasteiger partial charge in [-0.1, -0.05) is 11.6 Å². The number of aromatic nitrogens is 2. The molecule has 0 spiro atoms. The van der Waals surface area contributed by atoms with E-state index in [-0.39, 0.29) is 12.5 Å². The van der Waals surface area contributed by atoms with Gasteiger partial charge in [-0.05, 0) is 26.7 Å². The van der Waals surface area contributed by atoms with Crippen molar-refractivity contribution in [3.05, 3.63) is 16.4 Å². The van der Waals surface area contributed by atoms with Crippen molar-refractivity contribution in [3.63, 3.8) is 0 Å². The van der Waals surface area contributed by atoms with Crippen molar-refractivity contribution in [1.29, 1.82) is 0 Å². The summed E-state index contributed by atoms with van der Waals surface area (Å²) in [6, 6.07) is 0.117. The molecule has 1 unspecified atom stereocenters. The minimum atomic E-state index is -1.54. The van der Waals surface area contributed by atoms with Crippen molar-refractivity contribution in [2.24, 2.45) is 12.5 Å². The molecule has 0 aromatic carbocycles. The van der Waals surface area contributed by atoms with Gasteiger partial charge in [0.05, 0.1) is 5.69 Å². The fourth-order valence-corrected chi connectivity index (χ4v) is 2.29. The monoisotopic (exact) mass is 299 g/mol. The van der Waals surface area contributed by atoms with E-state index in [9.17, 15) is 14.7 Å². The summed E-state index contributed by atoms with van der Waals surface area (Å²) in [6.07, 6.45) is 1.85. The molecule has 7 heteroatoms. The lowest BCUT2D eigenvalue weighted by molar-refractivity contribution is -0.154. The molecular formula is C13H18ClN3O3. The molecule has 0 bridgehead atoms. The van der Waals surface area contributed by atoms with E-state index < -0.39 is 17.3 Å². The van der Waals surface area contributed by atoms with E-state index in [0.717, 1.165) is 12.8 Å². The zero-order chi connectivity index (χ0) is 15.1. The van der Waals surface area contributed by atoms with Crippen molar-refractivity contribution >= 4 is 23.5 Å². The van der Waals surface area contributed by atoms with Gasteiger partial charge in [0.15, 0.2) is 0 Å². The number of halogens is 1. The summed E-state index contributed by atoms with van der Waals surface area (Å²) in [5.41, 5.74) is -0.297. The number of aryl methyl sites for hydroxylation is 2. The van der Waals surface area contributed by atoms with Crippen molar-refractivity contribution in [1.82, 2.24) is 15.1 Å². The fourth-order valence-electron chi connectivity index (χ4n) is 2.05. The van der Waals surface area contributed by atoms with Crippen LogP contribution in [0.25, 0.3) is 0 Å². The molecule has 1 saturated carbocycles. The molecule has 2 rings (SSSR count). The molecule has 2 N–H and O–H groups in total. The number of aliphatic carboxylic acids is 1. The zero-order valence-corrected chi connectivity index (χ0v) is 12.5. The molecule has 0 saturated heterocycles. The predicted octanol–water partition coefficient (Wildman–Crippen LogP) is 1.29. The van der Waals surface area contributed by atoms with Gasteiger partial charge >= 0.3 is 5.97 Å². The standard InChI is InChI=1S/C13H18ClN3O3/c1-7-9(10(14)17(3)16-7)6-13(2,12(19)20)11(18)15-8-4-5-8/h8H,4-6H2,1-3H3,(H,15,18)(H,19,20). The SMILES string of the molecule is Cc1nn(C)c(Cl)c1CC(C)(C(=O)O)C(=O)NC1CC1. The molecule has 1 heterocycles. The maximum Gasteiger partial charge on any atom is 0.319 e. The highest BCUT2D eigenvalue weighted by molar-refractivity contribution is 6.30. The quantitative estimate of drug-likeness (QED) is 0.803. The summed E-state index contributed by atoms with van der Waals surface area (Å²) < 4.78 is 1.48. The van der Waals surface area contributed by atoms with Crippen molar-refractivity contribution in [2.45, 2.75) is 39.2 Å². The molecule has 1 aliphatic rings. The van der Waals surface area contributed by atoms with Gasteiger partial charge in [-0.2, -0.15) is 5.10 Å². The van der Waals surface area contributed by atoms with E-state index in [1.54, 1.807) is 14.0 Å². The molecule has 1 fully saturated rings. The number of amides is 1. The summed E-state index contributed by atoms with van der Waals surface area (Å²) in [4.78, 5) is 23.8. The maximum absolute atomic E-state index is 12.2. The Balaban J connectivity index is 2.28. The van der Waals surface area contributed by atoms with Crippen LogP contribution in [0.15, 0.2) is 0 Å². The smallest absolute Gasteiger partial charge is 0.319 e. The minimum Gasteiger partial charge on any atom is -0.480 e. The summed E-state index contributed by atoms with van der Waals surface area (Å²) in [5, 5.41) is 16.7. The highest BCUT2D eigenvalue weighted by atomic mass is 35.5. The highest BCUT2D eigenvalue weighted by Gasteiger charge is 2.44. The molecule has 20 heavy (non-hydrogen) atoms. The predicted molar refractivity (Wildman–Crippen MR) is 73.6 cm³/mol. The largest absolute Gasteiger partial charge is 0.480 e. The Kier molecular flexibility index (Phi) is 3.77. The minimum absolute atomic E-state index is 0.0272. The van der Waals surface area contributed by atoms with Gasteiger partial charge in [0.2, 0.25) is 5.91 Å². The second-order valence-electron chi connectivity index (χ2n) is 5.54. The van der Waals surface area contributed by atoms with Crippen molar-refractivity contribution in [3.8, 4) is 0 Å². The van der Waals surface area contributed by atoms with E-state index in [2.05, 4.69) is 10.4 Å². The summed E-state index contributed by atoms with van der Waals surface area (Å²) in [5.74, 6) is -1.62. The first-order valence-corrected chi connectivity index (χ1v) is 6.86. The summed E-state index contributed by atoms with van der Waals surface area (Å²) in [7, 11) is 1.68. The van der Waals surface area contributed by atoms with Crippen molar-refractivity contribution in [2.75, 3.05) is 0 Å². The van der Waals surface area contributed by atoms with Crippen LogP contribution in [0.5, 0.6) is 0 Å². The maximum atomic E-state index is 12.2. The Morgan fingerprint density at radius 1 is 1.55 bits per heavy atom. The third-order valence-electron chi connectivity index (χ3n) is 3.69. The van der Waals surface area contributed by atoms with Crippen LogP contribution in [0.1, 0.15) is 31.0 Å². The second kappa shape index (κ2) is 5.09. The van der Waals surface area contributed by atoms with Crippen LogP contribution in [-0.4, -0.2) is 32.8 Å². The topological polar surface area (TPSA) is 84.2 Å². The van der Waals surface area contributed by atoms with Crippen LogP contribution in [0.3, 0.4) is 0 Å². The van der Waals surface area contributed by atoms with E-state index in [0.29, 0.717) is 16.4 Å². The number of carbonyl (C=O) groups is 2. The molecule has 1 aromatic heterocycles. The average Bonchev–Trinajstić information content (AvgIpc) is 3.13. The molecule has 1 amide bonds. The first-order chi connectivity index (χ1) is 9.25. The number of nitrogens with one attached hydrogen (secondary N) is 1. The van der Waals surface area contributed by atoms with Gasteiger partial charge in [-0.3, -0.25) is 14.3 Å². The fraction of sp³-hybridized carbons (Fsp3) is 0.615. The van der Waals surface area contributed by atoms with Gasteiger partial charge in [-0.15, -0.1) is 0 Å². The lowest BCUT2D eigenvalue weighted by Gasteiger charge is -2.23. The number of nitrogens with zero attached hydrogens (tertiary/aromatic N) is 2. The molecule has 1 aliphatic carbocycles. The van der Waals surface area contributed by atoms with Crippen LogP contribution < -0.4 is 5.32 Å². The lowest BCUT2D eigenvalue weighted by atomic mass is 9.82. The average molecular weight is 300 g/mol.